The minimum absolute atomic E-state index is 0.000133. The summed E-state index contributed by atoms with van der Waals surface area (Å²) in [5, 5.41) is 0. The molecular formula is C17H28BrNO. The molecule has 0 aliphatic carbocycles. The van der Waals surface area contributed by atoms with Crippen molar-refractivity contribution in [1.82, 2.24) is 0 Å². The first kappa shape index (κ1) is 17.7. The first-order valence-corrected chi connectivity index (χ1v) is 8.50. The van der Waals surface area contributed by atoms with Crippen molar-refractivity contribution in [2.24, 2.45) is 11.7 Å². The Labute approximate surface area is 132 Å². The van der Waals surface area contributed by atoms with Gasteiger partial charge in [-0.3, -0.25) is 0 Å². The van der Waals surface area contributed by atoms with Crippen LogP contribution < -0.4 is 5.73 Å². The van der Waals surface area contributed by atoms with Crippen LogP contribution in [0.1, 0.15) is 58.1 Å². The predicted octanol–water partition coefficient (Wildman–Crippen LogP) is 5.07. The zero-order valence-corrected chi connectivity index (χ0v) is 14.5. The molecule has 0 aromatic heterocycles. The molecule has 3 heteroatoms. The summed E-state index contributed by atoms with van der Waals surface area (Å²) >= 11 is 3.46. The van der Waals surface area contributed by atoms with Gasteiger partial charge in [-0.05, 0) is 37.0 Å². The summed E-state index contributed by atoms with van der Waals surface area (Å²) in [5.41, 5.74) is 7.26. The lowest BCUT2D eigenvalue weighted by atomic mass is 9.99. The molecule has 0 amide bonds. The topological polar surface area (TPSA) is 35.2 Å². The van der Waals surface area contributed by atoms with Crippen LogP contribution in [0.25, 0.3) is 0 Å². The average molecular weight is 342 g/mol. The second-order valence-electron chi connectivity index (χ2n) is 5.58. The molecular weight excluding hydrogens is 314 g/mol. The minimum Gasteiger partial charge on any atom is -0.372 e. The maximum absolute atomic E-state index is 6.14. The van der Waals surface area contributed by atoms with Gasteiger partial charge in [0.1, 0.15) is 0 Å². The quantitative estimate of drug-likeness (QED) is 0.680. The van der Waals surface area contributed by atoms with Crippen molar-refractivity contribution in [2.45, 2.75) is 58.6 Å². The molecule has 3 unspecified atom stereocenters. The molecule has 0 spiro atoms. The third-order valence-corrected chi connectivity index (χ3v) is 4.26. The number of hydrogen-bond donors (Lipinski definition) is 1. The highest BCUT2D eigenvalue weighted by atomic mass is 79.9. The minimum atomic E-state index is -0.0150. The SMILES string of the molecule is CCCCC(CC)COC(c1ccc(Br)cc1)C(C)N. The number of unbranched alkanes of at least 4 members (excludes halogenated alkanes) is 1. The van der Waals surface area contributed by atoms with E-state index in [0.717, 1.165) is 16.6 Å². The molecule has 20 heavy (non-hydrogen) atoms. The molecule has 3 atom stereocenters. The molecule has 0 radical (unpaired) electrons. The second-order valence-corrected chi connectivity index (χ2v) is 6.50. The van der Waals surface area contributed by atoms with E-state index in [2.05, 4.69) is 41.9 Å². The van der Waals surface area contributed by atoms with Crippen molar-refractivity contribution in [3.63, 3.8) is 0 Å². The van der Waals surface area contributed by atoms with Crippen LogP contribution in [-0.4, -0.2) is 12.6 Å². The van der Waals surface area contributed by atoms with Crippen LogP contribution in [0.3, 0.4) is 0 Å². The number of rotatable bonds is 9. The van der Waals surface area contributed by atoms with Gasteiger partial charge in [-0.25, -0.2) is 0 Å². The van der Waals surface area contributed by atoms with Crippen LogP contribution in [0.4, 0.5) is 0 Å². The summed E-state index contributed by atoms with van der Waals surface area (Å²) in [5.74, 6) is 0.645. The molecule has 0 fully saturated rings. The van der Waals surface area contributed by atoms with Crippen LogP contribution >= 0.6 is 15.9 Å². The highest BCUT2D eigenvalue weighted by Crippen LogP contribution is 2.24. The van der Waals surface area contributed by atoms with E-state index in [9.17, 15) is 0 Å². The van der Waals surface area contributed by atoms with Crippen molar-refractivity contribution in [3.8, 4) is 0 Å². The van der Waals surface area contributed by atoms with Gasteiger partial charge in [0.25, 0.3) is 0 Å². The number of halogens is 1. The zero-order chi connectivity index (χ0) is 15.0. The van der Waals surface area contributed by atoms with Gasteiger partial charge in [0.2, 0.25) is 0 Å². The van der Waals surface area contributed by atoms with Crippen LogP contribution in [-0.2, 0) is 4.74 Å². The molecule has 0 heterocycles. The van der Waals surface area contributed by atoms with Crippen LogP contribution in [0, 0.1) is 5.92 Å². The lowest BCUT2D eigenvalue weighted by Gasteiger charge is -2.25. The molecule has 1 aromatic rings. The van der Waals surface area contributed by atoms with E-state index >= 15 is 0 Å². The molecule has 0 aliphatic heterocycles. The summed E-state index contributed by atoms with van der Waals surface area (Å²) in [7, 11) is 0. The van der Waals surface area contributed by atoms with E-state index < -0.39 is 0 Å². The van der Waals surface area contributed by atoms with E-state index in [1.165, 1.54) is 25.7 Å². The molecule has 1 rings (SSSR count). The van der Waals surface area contributed by atoms with E-state index in [1.807, 2.05) is 19.1 Å². The van der Waals surface area contributed by atoms with Crippen LogP contribution in [0.15, 0.2) is 28.7 Å². The van der Waals surface area contributed by atoms with Gasteiger partial charge in [-0.15, -0.1) is 0 Å². The lowest BCUT2D eigenvalue weighted by Crippen LogP contribution is -2.28. The molecule has 0 bridgehead atoms. The Kier molecular flexibility index (Phi) is 8.43. The number of nitrogens with two attached hydrogens (primary N) is 1. The first-order valence-electron chi connectivity index (χ1n) is 7.71. The fourth-order valence-electron chi connectivity index (χ4n) is 2.34. The van der Waals surface area contributed by atoms with E-state index in [1.54, 1.807) is 0 Å². The Morgan fingerprint density at radius 2 is 1.85 bits per heavy atom. The first-order chi connectivity index (χ1) is 9.58. The third kappa shape index (κ3) is 5.94. The fraction of sp³-hybridized carbons (Fsp3) is 0.647. The van der Waals surface area contributed by atoms with Crippen molar-refractivity contribution >= 4 is 15.9 Å². The Balaban J connectivity index is 2.61. The van der Waals surface area contributed by atoms with E-state index in [0.29, 0.717) is 5.92 Å². The molecule has 1 aromatic carbocycles. The molecule has 0 saturated heterocycles. The summed E-state index contributed by atoms with van der Waals surface area (Å²) in [6, 6.07) is 8.26. The van der Waals surface area contributed by atoms with E-state index in [4.69, 9.17) is 10.5 Å². The second kappa shape index (κ2) is 9.54. The monoisotopic (exact) mass is 341 g/mol. The third-order valence-electron chi connectivity index (χ3n) is 3.73. The zero-order valence-electron chi connectivity index (χ0n) is 12.9. The lowest BCUT2D eigenvalue weighted by molar-refractivity contribution is 0.0127. The molecule has 114 valence electrons. The average Bonchev–Trinajstić information content (AvgIpc) is 2.44. The predicted molar refractivity (Wildman–Crippen MR) is 89.8 cm³/mol. The van der Waals surface area contributed by atoms with Gasteiger partial charge < -0.3 is 10.5 Å². The highest BCUT2D eigenvalue weighted by Gasteiger charge is 2.18. The largest absolute Gasteiger partial charge is 0.372 e. The molecule has 0 aliphatic rings. The maximum Gasteiger partial charge on any atom is 0.0973 e. The van der Waals surface area contributed by atoms with Crippen molar-refractivity contribution < 1.29 is 4.74 Å². The number of hydrogen-bond acceptors (Lipinski definition) is 2. The smallest absolute Gasteiger partial charge is 0.0973 e. The Morgan fingerprint density at radius 1 is 1.20 bits per heavy atom. The van der Waals surface area contributed by atoms with Crippen LogP contribution in [0.5, 0.6) is 0 Å². The Bertz CT molecular complexity index is 364. The standard InChI is InChI=1S/C17H28BrNO/c1-4-6-7-14(5-2)12-20-17(13(3)19)15-8-10-16(18)11-9-15/h8-11,13-14,17H,4-7,12,19H2,1-3H3. The summed E-state index contributed by atoms with van der Waals surface area (Å²) in [4.78, 5) is 0. The van der Waals surface area contributed by atoms with Crippen molar-refractivity contribution in [3.05, 3.63) is 34.3 Å². The van der Waals surface area contributed by atoms with Gasteiger partial charge in [0.05, 0.1) is 12.7 Å². The molecule has 2 N–H and O–H groups in total. The van der Waals surface area contributed by atoms with Gasteiger partial charge in [0.15, 0.2) is 0 Å². The fourth-order valence-corrected chi connectivity index (χ4v) is 2.61. The van der Waals surface area contributed by atoms with Crippen molar-refractivity contribution in [1.29, 1.82) is 0 Å². The number of benzene rings is 1. The summed E-state index contributed by atoms with van der Waals surface area (Å²) in [6.45, 7) is 7.29. The van der Waals surface area contributed by atoms with Crippen molar-refractivity contribution in [2.75, 3.05) is 6.61 Å². The number of ether oxygens (including phenoxy) is 1. The Morgan fingerprint density at radius 3 is 2.35 bits per heavy atom. The highest BCUT2D eigenvalue weighted by molar-refractivity contribution is 9.10. The summed E-state index contributed by atoms with van der Waals surface area (Å²) in [6.07, 6.45) is 4.94. The van der Waals surface area contributed by atoms with E-state index in [-0.39, 0.29) is 12.1 Å². The van der Waals surface area contributed by atoms with Gasteiger partial charge in [-0.1, -0.05) is 61.2 Å². The molecule has 2 nitrogen and oxygen atoms in total. The van der Waals surface area contributed by atoms with Crippen LogP contribution in [0.2, 0.25) is 0 Å². The normalized spacial score (nSPS) is 15.8. The van der Waals surface area contributed by atoms with Gasteiger partial charge >= 0.3 is 0 Å². The summed E-state index contributed by atoms with van der Waals surface area (Å²) < 4.78 is 7.22. The van der Waals surface area contributed by atoms with Gasteiger partial charge in [-0.2, -0.15) is 0 Å². The van der Waals surface area contributed by atoms with Gasteiger partial charge in [0, 0.05) is 10.5 Å². The maximum atomic E-state index is 6.14. The molecule has 0 saturated carbocycles. The Hall–Kier alpha value is -0.380.